The van der Waals surface area contributed by atoms with Gasteiger partial charge in [0.15, 0.2) is 0 Å². The van der Waals surface area contributed by atoms with E-state index in [1.165, 1.54) is 0 Å². The van der Waals surface area contributed by atoms with Crippen molar-refractivity contribution in [1.29, 1.82) is 0 Å². The van der Waals surface area contributed by atoms with E-state index >= 15 is 0 Å². The molecule has 0 saturated heterocycles. The molecule has 0 aromatic heterocycles. The van der Waals surface area contributed by atoms with Crippen molar-refractivity contribution in [2.75, 3.05) is 6.61 Å². The maximum atomic E-state index is 9.25. The van der Waals surface area contributed by atoms with E-state index in [2.05, 4.69) is 5.16 Å². The molecule has 0 saturated carbocycles. The van der Waals surface area contributed by atoms with Crippen LogP contribution in [0.3, 0.4) is 0 Å². The maximum Gasteiger partial charge on any atom is 0.118 e. The number of rotatable bonds is 2. The van der Waals surface area contributed by atoms with Gasteiger partial charge >= 0.3 is 0 Å². The van der Waals surface area contributed by atoms with Crippen LogP contribution in [0.15, 0.2) is 29.5 Å². The lowest BCUT2D eigenvalue weighted by molar-refractivity contribution is 0.154. The molecule has 1 aliphatic carbocycles. The van der Waals surface area contributed by atoms with E-state index < -0.39 is 6.10 Å². The predicted octanol–water partition coefficient (Wildman–Crippen LogP) is 0.866. The van der Waals surface area contributed by atoms with E-state index in [4.69, 9.17) is 4.84 Å². The Morgan fingerprint density at radius 1 is 1.64 bits per heavy atom. The average molecular weight is 153 g/mol. The summed E-state index contributed by atoms with van der Waals surface area (Å²) in [6.45, 7) is 2.37. The number of aliphatic hydroxyl groups excluding tert-OH is 1. The van der Waals surface area contributed by atoms with Crippen LogP contribution in [0.25, 0.3) is 0 Å². The van der Waals surface area contributed by atoms with Crippen LogP contribution in [0.1, 0.15) is 6.92 Å². The smallest absolute Gasteiger partial charge is 0.118 e. The first-order valence-electron chi connectivity index (χ1n) is 3.57. The van der Waals surface area contributed by atoms with Crippen LogP contribution >= 0.6 is 0 Å². The Balaban J connectivity index is 2.57. The molecule has 0 fully saturated rings. The van der Waals surface area contributed by atoms with Gasteiger partial charge in [-0.2, -0.15) is 0 Å². The fourth-order valence-electron chi connectivity index (χ4n) is 0.744. The predicted molar refractivity (Wildman–Crippen MR) is 43.3 cm³/mol. The van der Waals surface area contributed by atoms with Gasteiger partial charge in [-0.15, -0.1) is 0 Å². The molecule has 3 heteroatoms. The molecule has 3 nitrogen and oxygen atoms in total. The summed E-state index contributed by atoms with van der Waals surface area (Å²) < 4.78 is 0. The first kappa shape index (κ1) is 8.01. The second kappa shape index (κ2) is 3.93. The lowest BCUT2D eigenvalue weighted by atomic mass is 10.1. The van der Waals surface area contributed by atoms with Gasteiger partial charge in [0.05, 0.1) is 0 Å². The summed E-state index contributed by atoms with van der Waals surface area (Å²) in [7, 11) is 0. The molecule has 0 radical (unpaired) electrons. The number of oxime groups is 1. The summed E-state index contributed by atoms with van der Waals surface area (Å²) >= 11 is 0. The number of hydrogen-bond donors (Lipinski definition) is 1. The summed E-state index contributed by atoms with van der Waals surface area (Å²) in [6.07, 6.45) is 6.34. The van der Waals surface area contributed by atoms with E-state index in [9.17, 15) is 5.11 Å². The van der Waals surface area contributed by atoms with Gasteiger partial charge in [-0.05, 0) is 13.0 Å². The zero-order valence-corrected chi connectivity index (χ0v) is 6.40. The third-order valence-electron chi connectivity index (χ3n) is 1.27. The Kier molecular flexibility index (Phi) is 2.86. The van der Waals surface area contributed by atoms with E-state index in [1.807, 2.05) is 13.0 Å². The Labute approximate surface area is 65.7 Å². The van der Waals surface area contributed by atoms with Crippen molar-refractivity contribution in [2.24, 2.45) is 5.16 Å². The molecule has 0 aromatic carbocycles. The van der Waals surface area contributed by atoms with Crippen LogP contribution in [-0.2, 0) is 4.84 Å². The van der Waals surface area contributed by atoms with Gasteiger partial charge in [-0.1, -0.05) is 23.4 Å². The molecular weight excluding hydrogens is 142 g/mol. The number of nitrogens with zero attached hydrogens (tertiary/aromatic N) is 1. The number of allylic oxidation sites excluding steroid dienone is 2. The van der Waals surface area contributed by atoms with Crippen LogP contribution in [0, 0.1) is 0 Å². The fourth-order valence-corrected chi connectivity index (χ4v) is 0.744. The minimum Gasteiger partial charge on any atom is -0.396 e. The van der Waals surface area contributed by atoms with Crippen molar-refractivity contribution in [3.05, 3.63) is 24.3 Å². The molecule has 0 aliphatic heterocycles. The lowest BCUT2D eigenvalue weighted by Crippen LogP contribution is -2.17. The van der Waals surface area contributed by atoms with Crippen LogP contribution in [0.2, 0.25) is 0 Å². The Bertz CT molecular complexity index is 206. The molecule has 60 valence electrons. The van der Waals surface area contributed by atoms with Crippen molar-refractivity contribution in [2.45, 2.75) is 13.0 Å². The fraction of sp³-hybridized carbons (Fsp3) is 0.375. The minimum atomic E-state index is -0.619. The van der Waals surface area contributed by atoms with Gasteiger partial charge in [0, 0.05) is 0 Å². The molecular formula is C8H11NO2. The van der Waals surface area contributed by atoms with Crippen molar-refractivity contribution >= 4 is 5.71 Å². The molecule has 1 N–H and O–H groups in total. The second-order valence-corrected chi connectivity index (χ2v) is 2.12. The molecule has 1 unspecified atom stereocenters. The monoisotopic (exact) mass is 153 g/mol. The van der Waals surface area contributed by atoms with Crippen LogP contribution < -0.4 is 0 Å². The summed E-state index contributed by atoms with van der Waals surface area (Å²) in [4.78, 5) is 4.79. The Hall–Kier alpha value is -1.09. The summed E-state index contributed by atoms with van der Waals surface area (Å²) in [5.41, 5.74) is 0.550. The van der Waals surface area contributed by atoms with Gasteiger partial charge in [-0.3, -0.25) is 0 Å². The zero-order chi connectivity index (χ0) is 8.10. The molecule has 0 amide bonds. The third kappa shape index (κ3) is 2.20. The second-order valence-electron chi connectivity index (χ2n) is 2.12. The summed E-state index contributed by atoms with van der Waals surface area (Å²) in [6, 6.07) is 0. The highest BCUT2D eigenvalue weighted by Crippen LogP contribution is 2.00. The quantitative estimate of drug-likeness (QED) is 0.598. The van der Waals surface area contributed by atoms with Crippen molar-refractivity contribution in [1.82, 2.24) is 0 Å². The SMILES string of the molecule is CCON=C1C=CC=CC1O. The van der Waals surface area contributed by atoms with Crippen molar-refractivity contribution in [3.63, 3.8) is 0 Å². The highest BCUT2D eigenvalue weighted by Gasteiger charge is 2.08. The summed E-state index contributed by atoms with van der Waals surface area (Å²) in [5, 5.41) is 13.0. The highest BCUT2D eigenvalue weighted by atomic mass is 16.6. The minimum absolute atomic E-state index is 0.522. The van der Waals surface area contributed by atoms with E-state index in [1.54, 1.807) is 18.2 Å². The first-order valence-corrected chi connectivity index (χ1v) is 3.57. The topological polar surface area (TPSA) is 41.8 Å². The van der Waals surface area contributed by atoms with Crippen LogP contribution in [0.4, 0.5) is 0 Å². The van der Waals surface area contributed by atoms with E-state index in [-0.39, 0.29) is 0 Å². The van der Waals surface area contributed by atoms with Gasteiger partial charge < -0.3 is 9.94 Å². The zero-order valence-electron chi connectivity index (χ0n) is 6.40. The van der Waals surface area contributed by atoms with Crippen molar-refractivity contribution in [3.8, 4) is 0 Å². The maximum absolute atomic E-state index is 9.25. The molecule has 0 spiro atoms. The average Bonchev–Trinajstić information content (AvgIpc) is 2.03. The van der Waals surface area contributed by atoms with E-state index in [0.717, 1.165) is 0 Å². The van der Waals surface area contributed by atoms with Gasteiger partial charge in [0.1, 0.15) is 18.4 Å². The van der Waals surface area contributed by atoms with E-state index in [0.29, 0.717) is 12.3 Å². The van der Waals surface area contributed by atoms with Crippen LogP contribution in [0.5, 0.6) is 0 Å². The molecule has 1 atom stereocenters. The normalized spacial score (nSPS) is 26.0. The number of aliphatic hydroxyl groups is 1. The Morgan fingerprint density at radius 3 is 3.09 bits per heavy atom. The molecule has 1 rings (SSSR count). The van der Waals surface area contributed by atoms with Crippen LogP contribution in [-0.4, -0.2) is 23.5 Å². The first-order chi connectivity index (χ1) is 5.34. The van der Waals surface area contributed by atoms with Gasteiger partial charge in [0.2, 0.25) is 0 Å². The molecule has 11 heavy (non-hydrogen) atoms. The summed E-state index contributed by atoms with van der Waals surface area (Å²) in [5.74, 6) is 0. The molecule has 1 aliphatic rings. The molecule has 0 heterocycles. The molecule has 0 aromatic rings. The largest absolute Gasteiger partial charge is 0.396 e. The number of hydrogen-bond acceptors (Lipinski definition) is 3. The van der Waals surface area contributed by atoms with Gasteiger partial charge in [0.25, 0.3) is 0 Å². The highest BCUT2D eigenvalue weighted by molar-refractivity contribution is 6.00. The molecule has 0 bridgehead atoms. The third-order valence-corrected chi connectivity index (χ3v) is 1.27. The standard InChI is InChI=1S/C8H11NO2/c1-2-11-9-7-5-3-4-6-8(7)10/h3-6,8,10H,2H2,1H3. The Morgan fingerprint density at radius 2 is 2.45 bits per heavy atom. The van der Waals surface area contributed by atoms with Gasteiger partial charge in [-0.25, -0.2) is 0 Å². The van der Waals surface area contributed by atoms with Crippen molar-refractivity contribution < 1.29 is 9.94 Å². The lowest BCUT2D eigenvalue weighted by Gasteiger charge is -2.07.